The highest BCUT2D eigenvalue weighted by atomic mass is 16.7. The van der Waals surface area contributed by atoms with E-state index < -0.39 is 35.6 Å². The Bertz CT molecular complexity index is 1490. The molecule has 4 heterocycles. The van der Waals surface area contributed by atoms with Crippen molar-refractivity contribution in [2.24, 2.45) is 11.3 Å². The summed E-state index contributed by atoms with van der Waals surface area (Å²) < 4.78 is 17.6. The average molecular weight is 552 g/mol. The van der Waals surface area contributed by atoms with Crippen molar-refractivity contribution in [3.8, 4) is 28.5 Å². The molecule has 212 valence electrons. The number of amides is 2. The number of ether oxygens (including phenoxy) is 3. The minimum atomic E-state index is -1.14. The Morgan fingerprint density at radius 1 is 1.23 bits per heavy atom. The summed E-state index contributed by atoms with van der Waals surface area (Å²) in [7, 11) is 0. The summed E-state index contributed by atoms with van der Waals surface area (Å²) >= 11 is 0. The number of hydrogen-bond acceptors (Lipinski definition) is 8. The van der Waals surface area contributed by atoms with Gasteiger partial charge in [-0.3, -0.25) is 4.79 Å². The van der Waals surface area contributed by atoms with E-state index >= 15 is 0 Å². The molecule has 2 fully saturated rings. The molecule has 2 aliphatic heterocycles. The lowest BCUT2D eigenvalue weighted by molar-refractivity contribution is 0.0785. The van der Waals surface area contributed by atoms with Crippen LogP contribution < -0.4 is 19.5 Å². The van der Waals surface area contributed by atoms with Crippen molar-refractivity contribution in [1.29, 1.82) is 0 Å². The van der Waals surface area contributed by atoms with Gasteiger partial charge in [-0.25, -0.2) is 14.8 Å². The van der Waals surface area contributed by atoms with Crippen LogP contribution >= 0.6 is 0 Å². The second-order valence-electron chi connectivity index (χ2n) is 11.8. The Morgan fingerprint density at radius 3 is 2.70 bits per heavy atom. The zero-order valence-electron chi connectivity index (χ0n) is 22.9. The molecule has 12 nitrogen and oxygen atoms in total. The Labute approximate surface area is 230 Å². The minimum Gasteiger partial charge on any atom is -0.492 e. The van der Waals surface area contributed by atoms with Crippen molar-refractivity contribution in [2.75, 3.05) is 19.9 Å². The standard InChI is InChI=1S/C28H33N5O7/c1-13-18(26(35)32-20-15(34)9-33(27(36)37)25(20)28(2,3)4)21-23(31-13)22(30-11-29-21)19-16(38-10-14-5-6-14)7-8-17-24(19)40-12-39-17/h7-8,11,14-15,20,25,31,34H,5-6,9-10,12H2,1-4H3,(H,32,35)(H,36,37)/t15-,20+,25?/m1/s1. The second-order valence-corrected chi connectivity index (χ2v) is 11.8. The Hall–Kier alpha value is -4.06. The van der Waals surface area contributed by atoms with Gasteiger partial charge in [0.1, 0.15) is 23.3 Å². The normalized spacial score (nSPS) is 22.1. The molecule has 1 unspecified atom stereocenters. The monoisotopic (exact) mass is 551 g/mol. The van der Waals surface area contributed by atoms with Gasteiger partial charge in [-0.1, -0.05) is 20.8 Å². The molecule has 0 radical (unpaired) electrons. The summed E-state index contributed by atoms with van der Waals surface area (Å²) in [6.07, 6.45) is 1.47. The van der Waals surface area contributed by atoms with E-state index in [1.165, 1.54) is 11.2 Å². The van der Waals surface area contributed by atoms with Crippen molar-refractivity contribution in [3.05, 3.63) is 29.7 Å². The highest BCUT2D eigenvalue weighted by Gasteiger charge is 2.49. The van der Waals surface area contributed by atoms with Crippen molar-refractivity contribution in [1.82, 2.24) is 25.2 Å². The van der Waals surface area contributed by atoms with Gasteiger partial charge in [0.05, 0.1) is 48.0 Å². The van der Waals surface area contributed by atoms with E-state index in [4.69, 9.17) is 14.2 Å². The molecule has 1 aromatic carbocycles. The molecule has 1 aliphatic carbocycles. The van der Waals surface area contributed by atoms with Gasteiger partial charge < -0.3 is 39.6 Å². The second kappa shape index (κ2) is 9.54. The molecular weight excluding hydrogens is 518 g/mol. The number of carbonyl (C=O) groups excluding carboxylic acids is 1. The van der Waals surface area contributed by atoms with Crippen LogP contribution in [0.5, 0.6) is 17.2 Å². The topological polar surface area (TPSA) is 159 Å². The number of benzene rings is 1. The first-order valence-corrected chi connectivity index (χ1v) is 13.4. The van der Waals surface area contributed by atoms with Crippen LogP contribution in [0.25, 0.3) is 22.3 Å². The number of likely N-dealkylation sites (tertiary alicyclic amines) is 1. The van der Waals surface area contributed by atoms with Crippen molar-refractivity contribution in [2.45, 2.75) is 58.7 Å². The molecule has 1 saturated heterocycles. The third-order valence-electron chi connectivity index (χ3n) is 7.81. The summed E-state index contributed by atoms with van der Waals surface area (Å²) in [4.78, 5) is 39.1. The molecule has 0 spiro atoms. The summed E-state index contributed by atoms with van der Waals surface area (Å²) in [6, 6.07) is 2.21. The predicted molar refractivity (Wildman–Crippen MR) is 144 cm³/mol. The zero-order chi connectivity index (χ0) is 28.3. The van der Waals surface area contributed by atoms with E-state index in [0.29, 0.717) is 57.8 Å². The number of fused-ring (bicyclic) bond motifs is 2. The molecule has 0 bridgehead atoms. The number of β-amino-alcohol motifs (C(OH)–C–C–N with tert-alkyl or cyclic N) is 1. The smallest absolute Gasteiger partial charge is 0.407 e. The predicted octanol–water partition coefficient (Wildman–Crippen LogP) is 3.32. The van der Waals surface area contributed by atoms with E-state index in [0.717, 1.165) is 12.8 Å². The molecule has 2 amide bonds. The molecule has 12 heteroatoms. The van der Waals surface area contributed by atoms with Gasteiger partial charge in [-0.05, 0) is 43.2 Å². The molecule has 3 aliphatic rings. The molecule has 40 heavy (non-hydrogen) atoms. The fraction of sp³-hybridized carbons (Fsp3) is 0.500. The fourth-order valence-corrected chi connectivity index (χ4v) is 5.81. The zero-order valence-corrected chi connectivity index (χ0v) is 22.9. The van der Waals surface area contributed by atoms with Gasteiger partial charge >= 0.3 is 6.09 Å². The van der Waals surface area contributed by atoms with E-state index in [9.17, 15) is 19.8 Å². The highest BCUT2D eigenvalue weighted by molar-refractivity contribution is 6.09. The third kappa shape index (κ3) is 4.45. The quantitative estimate of drug-likeness (QED) is 0.360. The van der Waals surface area contributed by atoms with Crippen LogP contribution in [0.4, 0.5) is 4.79 Å². The van der Waals surface area contributed by atoms with Crippen LogP contribution in [0, 0.1) is 18.3 Å². The first kappa shape index (κ1) is 26.2. The molecule has 1 saturated carbocycles. The van der Waals surface area contributed by atoms with Gasteiger partial charge in [-0.15, -0.1) is 0 Å². The Kier molecular flexibility index (Phi) is 6.25. The number of aliphatic hydroxyl groups excluding tert-OH is 1. The number of aryl methyl sites for hydroxylation is 1. The number of carboxylic acid groups (broad SMARTS) is 1. The van der Waals surface area contributed by atoms with E-state index in [2.05, 4.69) is 20.3 Å². The fourth-order valence-electron chi connectivity index (χ4n) is 5.81. The third-order valence-corrected chi connectivity index (χ3v) is 7.81. The van der Waals surface area contributed by atoms with E-state index in [-0.39, 0.29) is 18.9 Å². The number of aromatic nitrogens is 3. The number of aromatic amines is 1. The lowest BCUT2D eigenvalue weighted by Gasteiger charge is -2.37. The Morgan fingerprint density at radius 2 is 2.00 bits per heavy atom. The summed E-state index contributed by atoms with van der Waals surface area (Å²) in [5, 5.41) is 23.4. The number of aliphatic hydroxyl groups is 1. The number of nitrogens with zero attached hydrogens (tertiary/aromatic N) is 3. The SMILES string of the molecule is Cc1[nH]c2c(-c3c(OCC4CC4)ccc4c3OCO4)ncnc2c1C(=O)N[C@@H]1C(C(C)(C)C)N(C(=O)O)C[C@H]1O. The lowest BCUT2D eigenvalue weighted by Crippen LogP contribution is -2.54. The molecular formula is C28H33N5O7. The average Bonchev–Trinajstić information content (AvgIpc) is 3.31. The van der Waals surface area contributed by atoms with Gasteiger partial charge in [0.15, 0.2) is 11.5 Å². The minimum absolute atomic E-state index is 0.0755. The van der Waals surface area contributed by atoms with Gasteiger partial charge in [-0.2, -0.15) is 0 Å². The maximum atomic E-state index is 13.7. The molecule has 2 aromatic heterocycles. The summed E-state index contributed by atoms with van der Waals surface area (Å²) in [5.41, 5.74) is 2.34. The van der Waals surface area contributed by atoms with Gasteiger partial charge in [0.25, 0.3) is 5.91 Å². The van der Waals surface area contributed by atoms with Crippen LogP contribution in [0.2, 0.25) is 0 Å². The number of hydrogen-bond donors (Lipinski definition) is 4. The Balaban J connectivity index is 1.39. The van der Waals surface area contributed by atoms with Gasteiger partial charge in [0, 0.05) is 5.69 Å². The largest absolute Gasteiger partial charge is 0.492 e. The maximum absolute atomic E-state index is 13.7. The van der Waals surface area contributed by atoms with Crippen LogP contribution in [-0.4, -0.2) is 80.2 Å². The number of carbonyl (C=O) groups is 2. The first-order valence-electron chi connectivity index (χ1n) is 13.4. The van der Waals surface area contributed by atoms with Crippen molar-refractivity contribution >= 4 is 23.0 Å². The van der Waals surface area contributed by atoms with Crippen molar-refractivity contribution < 1.29 is 34.0 Å². The molecule has 4 N–H and O–H groups in total. The van der Waals surface area contributed by atoms with Crippen LogP contribution in [-0.2, 0) is 0 Å². The van der Waals surface area contributed by atoms with Crippen molar-refractivity contribution in [3.63, 3.8) is 0 Å². The van der Waals surface area contributed by atoms with Crippen LogP contribution in [0.1, 0.15) is 49.7 Å². The maximum Gasteiger partial charge on any atom is 0.407 e. The molecule has 3 atom stereocenters. The molecule has 3 aromatic rings. The highest BCUT2D eigenvalue weighted by Crippen LogP contribution is 2.48. The van der Waals surface area contributed by atoms with Crippen LogP contribution in [0.3, 0.4) is 0 Å². The molecule has 6 rings (SSSR count). The summed E-state index contributed by atoms with van der Waals surface area (Å²) in [5.74, 6) is 1.76. The van der Waals surface area contributed by atoms with E-state index in [1.807, 2.05) is 32.9 Å². The number of rotatable bonds is 6. The van der Waals surface area contributed by atoms with Gasteiger partial charge in [0.2, 0.25) is 6.79 Å². The number of H-pyrrole nitrogens is 1. The summed E-state index contributed by atoms with van der Waals surface area (Å²) in [6.45, 7) is 7.98. The lowest BCUT2D eigenvalue weighted by atomic mass is 9.82. The first-order chi connectivity index (χ1) is 19.0. The van der Waals surface area contributed by atoms with E-state index in [1.54, 1.807) is 6.92 Å². The van der Waals surface area contributed by atoms with Crippen LogP contribution in [0.15, 0.2) is 18.5 Å². The number of nitrogens with one attached hydrogen (secondary N) is 2.